The zero-order valence-electron chi connectivity index (χ0n) is 15.1. The molecule has 0 aromatic heterocycles. The average Bonchev–Trinajstić information content (AvgIpc) is 3.41. The maximum Gasteiger partial charge on any atom is 0.312 e. The Balaban J connectivity index is 1.41. The van der Waals surface area contributed by atoms with Crippen LogP contribution in [0.3, 0.4) is 0 Å². The van der Waals surface area contributed by atoms with Crippen molar-refractivity contribution in [3.05, 3.63) is 29.8 Å². The van der Waals surface area contributed by atoms with Crippen LogP contribution in [0, 0.1) is 11.8 Å². The zero-order chi connectivity index (χ0) is 17.6. The second kappa shape index (κ2) is 6.58. The summed E-state index contributed by atoms with van der Waals surface area (Å²) in [6, 6.07) is 7.52. The van der Waals surface area contributed by atoms with Crippen molar-refractivity contribution >= 4 is 10.1 Å². The van der Waals surface area contributed by atoms with Crippen molar-refractivity contribution in [3.8, 4) is 5.75 Å². The molecule has 0 spiro atoms. The van der Waals surface area contributed by atoms with Crippen LogP contribution in [-0.4, -0.2) is 25.9 Å². The van der Waals surface area contributed by atoms with E-state index in [2.05, 4.69) is 13.8 Å². The van der Waals surface area contributed by atoms with Crippen LogP contribution < -0.4 is 4.18 Å². The standard InChI is InChI=1S/C20H28O4S/c1-3-13(2)14-4-7-16(8-5-14)24-25(21,22)17-9-10-18-15(12-17)6-11-19-20(18)23-19/h4-5,7-8,13,15,17-20H,3,6,9-12H2,1-2H3. The summed E-state index contributed by atoms with van der Waals surface area (Å²) >= 11 is 0. The Morgan fingerprint density at radius 1 is 1.16 bits per heavy atom. The van der Waals surface area contributed by atoms with Gasteiger partial charge in [-0.1, -0.05) is 26.0 Å². The van der Waals surface area contributed by atoms with Gasteiger partial charge in [-0.25, -0.2) is 0 Å². The first-order valence-corrected chi connectivity index (χ1v) is 11.1. The molecule has 0 radical (unpaired) electrons. The van der Waals surface area contributed by atoms with Crippen molar-refractivity contribution in [1.82, 2.24) is 0 Å². The Bertz CT molecular complexity index is 712. The van der Waals surface area contributed by atoms with Gasteiger partial charge < -0.3 is 8.92 Å². The smallest absolute Gasteiger partial charge is 0.312 e. The van der Waals surface area contributed by atoms with Crippen molar-refractivity contribution in [1.29, 1.82) is 0 Å². The van der Waals surface area contributed by atoms with Gasteiger partial charge in [0.05, 0.1) is 17.5 Å². The summed E-state index contributed by atoms with van der Waals surface area (Å²) in [5, 5.41) is -0.377. The van der Waals surface area contributed by atoms with Gasteiger partial charge in [0.25, 0.3) is 0 Å². The zero-order valence-corrected chi connectivity index (χ0v) is 15.9. The SMILES string of the molecule is CCC(C)c1ccc(OS(=O)(=O)C2CCC3C(CCC4OC43)C2)cc1. The fourth-order valence-electron chi connectivity index (χ4n) is 4.70. The fourth-order valence-corrected chi connectivity index (χ4v) is 6.13. The Hall–Kier alpha value is -1.07. The first kappa shape index (κ1) is 17.3. The third-order valence-corrected chi connectivity index (χ3v) is 8.21. The van der Waals surface area contributed by atoms with Crippen LogP contribution in [0.4, 0.5) is 0 Å². The molecule has 4 rings (SSSR count). The van der Waals surface area contributed by atoms with E-state index in [0.717, 1.165) is 32.1 Å². The van der Waals surface area contributed by atoms with E-state index in [1.165, 1.54) is 5.56 Å². The Kier molecular flexibility index (Phi) is 4.57. The Morgan fingerprint density at radius 2 is 1.92 bits per heavy atom. The van der Waals surface area contributed by atoms with E-state index < -0.39 is 10.1 Å². The quantitative estimate of drug-likeness (QED) is 0.579. The van der Waals surface area contributed by atoms with E-state index in [4.69, 9.17) is 8.92 Å². The highest BCUT2D eigenvalue weighted by atomic mass is 32.2. The predicted octanol–water partition coefficient (Wildman–Crippen LogP) is 4.25. The van der Waals surface area contributed by atoms with Gasteiger partial charge in [0.15, 0.2) is 0 Å². The van der Waals surface area contributed by atoms with Gasteiger partial charge in [-0.3, -0.25) is 0 Å². The second-order valence-corrected chi connectivity index (χ2v) is 9.85. The molecule has 0 bridgehead atoms. The minimum atomic E-state index is -3.57. The van der Waals surface area contributed by atoms with Crippen molar-refractivity contribution < 1.29 is 17.3 Å². The molecule has 1 aromatic carbocycles. The average molecular weight is 365 g/mol. The van der Waals surface area contributed by atoms with Crippen molar-refractivity contribution in [2.45, 2.75) is 75.7 Å². The van der Waals surface area contributed by atoms with E-state index in [0.29, 0.717) is 42.1 Å². The molecular weight excluding hydrogens is 336 g/mol. The normalized spacial score (nSPS) is 35.4. The minimum Gasteiger partial charge on any atom is -0.382 e. The highest BCUT2D eigenvalue weighted by Crippen LogP contribution is 2.50. The number of benzene rings is 1. The molecule has 6 atom stereocenters. The monoisotopic (exact) mass is 364 g/mol. The highest BCUT2D eigenvalue weighted by Gasteiger charge is 2.53. The molecule has 3 fully saturated rings. The molecule has 138 valence electrons. The van der Waals surface area contributed by atoms with E-state index in [1.54, 1.807) is 12.1 Å². The third-order valence-electron chi connectivity index (χ3n) is 6.54. The minimum absolute atomic E-state index is 0.377. The number of hydrogen-bond acceptors (Lipinski definition) is 4. The number of fused-ring (bicyclic) bond motifs is 3. The van der Waals surface area contributed by atoms with Crippen LogP contribution in [0.25, 0.3) is 0 Å². The van der Waals surface area contributed by atoms with Crippen molar-refractivity contribution in [2.75, 3.05) is 0 Å². The lowest BCUT2D eigenvalue weighted by molar-refractivity contribution is 0.176. The second-order valence-electron chi connectivity index (χ2n) is 8.03. The summed E-state index contributed by atoms with van der Waals surface area (Å²) < 4.78 is 36.7. The largest absolute Gasteiger partial charge is 0.382 e. The summed E-state index contributed by atoms with van der Waals surface area (Å²) in [5.41, 5.74) is 1.22. The molecular formula is C20H28O4S. The number of rotatable bonds is 5. The van der Waals surface area contributed by atoms with Crippen LogP contribution in [0.5, 0.6) is 5.75 Å². The van der Waals surface area contributed by atoms with E-state index in [-0.39, 0.29) is 5.25 Å². The predicted molar refractivity (Wildman–Crippen MR) is 97.2 cm³/mol. The topological polar surface area (TPSA) is 55.9 Å². The van der Waals surface area contributed by atoms with Crippen LogP contribution >= 0.6 is 0 Å². The number of epoxide rings is 1. The molecule has 3 aliphatic rings. The summed E-state index contributed by atoms with van der Waals surface area (Å²) in [4.78, 5) is 0. The molecule has 1 saturated heterocycles. The van der Waals surface area contributed by atoms with Crippen molar-refractivity contribution in [3.63, 3.8) is 0 Å². The Labute approximate surface area is 151 Å². The first-order valence-electron chi connectivity index (χ1n) is 9.66. The van der Waals surface area contributed by atoms with E-state index >= 15 is 0 Å². The lowest BCUT2D eigenvalue weighted by Gasteiger charge is -2.36. The van der Waals surface area contributed by atoms with Gasteiger partial charge in [-0.2, -0.15) is 8.42 Å². The molecule has 1 aliphatic heterocycles. The summed E-state index contributed by atoms with van der Waals surface area (Å²) in [6.45, 7) is 4.32. The fraction of sp³-hybridized carbons (Fsp3) is 0.700. The third kappa shape index (κ3) is 3.45. The van der Waals surface area contributed by atoms with Gasteiger partial charge in [-0.15, -0.1) is 0 Å². The van der Waals surface area contributed by atoms with Gasteiger partial charge in [0, 0.05) is 0 Å². The molecule has 0 N–H and O–H groups in total. The highest BCUT2D eigenvalue weighted by molar-refractivity contribution is 7.87. The molecule has 4 nitrogen and oxygen atoms in total. The van der Waals surface area contributed by atoms with Crippen LogP contribution in [0.15, 0.2) is 24.3 Å². The van der Waals surface area contributed by atoms with E-state index in [9.17, 15) is 8.42 Å². The molecule has 0 amide bonds. The number of ether oxygens (including phenoxy) is 1. The van der Waals surface area contributed by atoms with Crippen LogP contribution in [-0.2, 0) is 14.9 Å². The lowest BCUT2D eigenvalue weighted by atomic mass is 9.71. The molecule has 1 heterocycles. The molecule has 25 heavy (non-hydrogen) atoms. The van der Waals surface area contributed by atoms with Gasteiger partial charge in [-0.05, 0) is 74.0 Å². The molecule has 6 unspecified atom stereocenters. The van der Waals surface area contributed by atoms with Gasteiger partial charge in [0.2, 0.25) is 0 Å². The molecule has 2 aliphatic carbocycles. The Morgan fingerprint density at radius 3 is 2.64 bits per heavy atom. The maximum atomic E-state index is 12.7. The first-order chi connectivity index (χ1) is 12.0. The molecule has 2 saturated carbocycles. The number of hydrogen-bond donors (Lipinski definition) is 0. The van der Waals surface area contributed by atoms with Crippen LogP contribution in [0.1, 0.15) is 63.9 Å². The summed E-state index contributed by atoms with van der Waals surface area (Å²) in [6.07, 6.45) is 6.51. The summed E-state index contributed by atoms with van der Waals surface area (Å²) in [7, 11) is -3.57. The maximum absolute atomic E-state index is 12.7. The van der Waals surface area contributed by atoms with Gasteiger partial charge in [0.1, 0.15) is 5.75 Å². The van der Waals surface area contributed by atoms with Gasteiger partial charge >= 0.3 is 10.1 Å². The lowest BCUT2D eigenvalue weighted by Crippen LogP contribution is -2.39. The molecule has 5 heteroatoms. The van der Waals surface area contributed by atoms with Crippen LogP contribution in [0.2, 0.25) is 0 Å². The van der Waals surface area contributed by atoms with E-state index in [1.807, 2.05) is 12.1 Å². The summed E-state index contributed by atoms with van der Waals surface area (Å²) in [5.74, 6) is 1.96. The van der Waals surface area contributed by atoms with Crippen molar-refractivity contribution in [2.24, 2.45) is 11.8 Å². The molecule has 1 aromatic rings.